The fourth-order valence-electron chi connectivity index (χ4n) is 1.71. The van der Waals surface area contributed by atoms with Gasteiger partial charge in [-0.25, -0.2) is 0 Å². The number of carboxylic acid groups (broad SMARTS) is 1. The van der Waals surface area contributed by atoms with Crippen LogP contribution >= 0.6 is 0 Å². The Morgan fingerprint density at radius 1 is 1.20 bits per heavy atom. The Balaban J connectivity index is 2.21. The summed E-state index contributed by atoms with van der Waals surface area (Å²) in [4.78, 5) is 24.2. The third-order valence-electron chi connectivity index (χ3n) is 2.75. The number of rotatable bonds is 4. The molecule has 1 heterocycles. The smallest absolute Gasteiger partial charge is 0.250 e. The number of hydrogen-bond donors (Lipinski definition) is 0. The predicted molar refractivity (Wildman–Crippen MR) is 71.9 cm³/mol. The lowest BCUT2D eigenvalue weighted by molar-refractivity contribution is -0.254. The molecule has 0 saturated carbocycles. The molecular weight excluding hydrogens is 258 g/mol. The van der Waals surface area contributed by atoms with E-state index in [1.165, 1.54) is 36.4 Å². The molecule has 0 saturated heterocycles. The van der Waals surface area contributed by atoms with Gasteiger partial charge < -0.3 is 19.2 Å². The average molecular weight is 270 g/mol. The molecule has 1 aromatic heterocycles. The van der Waals surface area contributed by atoms with E-state index in [1.54, 1.807) is 30.3 Å². The molecule has 0 N–H and O–H groups in total. The van der Waals surface area contributed by atoms with Crippen molar-refractivity contribution in [2.75, 3.05) is 11.9 Å². The molecule has 5 heteroatoms. The van der Waals surface area contributed by atoms with E-state index in [0.29, 0.717) is 5.76 Å². The highest BCUT2D eigenvalue weighted by molar-refractivity contribution is 6.06. The number of carbonyl (C=O) groups is 2. The maximum atomic E-state index is 12.0. The molecule has 0 aliphatic heterocycles. The number of aromatic carboxylic acids is 1. The van der Waals surface area contributed by atoms with Crippen LogP contribution in [0, 0.1) is 0 Å². The molecule has 0 radical (unpaired) electrons. The lowest BCUT2D eigenvalue weighted by atomic mass is 10.1. The van der Waals surface area contributed by atoms with Crippen LogP contribution in [0.5, 0.6) is 0 Å². The monoisotopic (exact) mass is 270 g/mol. The summed E-state index contributed by atoms with van der Waals surface area (Å²) in [5, 5.41) is 11.0. The first-order valence-corrected chi connectivity index (χ1v) is 5.89. The highest BCUT2D eigenvalue weighted by atomic mass is 16.4. The molecule has 0 aliphatic carbocycles. The van der Waals surface area contributed by atoms with E-state index >= 15 is 0 Å². The standard InChI is InChI=1S/C15H13NO4/c1-16(13-7-3-2-6-12(13)15(18)19)14(17)9-8-11-5-4-10-20-11/h2-10H,1H3,(H,18,19)/p-1/b9-8+. The van der Waals surface area contributed by atoms with Crippen LogP contribution < -0.4 is 10.0 Å². The third-order valence-corrected chi connectivity index (χ3v) is 2.75. The van der Waals surface area contributed by atoms with Crippen molar-refractivity contribution in [3.8, 4) is 0 Å². The minimum Gasteiger partial charge on any atom is -0.545 e. The fourth-order valence-corrected chi connectivity index (χ4v) is 1.71. The molecule has 102 valence electrons. The van der Waals surface area contributed by atoms with Crippen LogP contribution in [0.4, 0.5) is 5.69 Å². The number of likely N-dealkylation sites (N-methyl/N-ethyl adjacent to an activating group) is 1. The molecule has 2 rings (SSSR count). The van der Waals surface area contributed by atoms with Gasteiger partial charge in [0.05, 0.1) is 17.9 Å². The first-order chi connectivity index (χ1) is 9.59. The van der Waals surface area contributed by atoms with E-state index in [-0.39, 0.29) is 17.2 Å². The fraction of sp³-hybridized carbons (Fsp3) is 0.0667. The van der Waals surface area contributed by atoms with Gasteiger partial charge in [-0.15, -0.1) is 0 Å². The number of amides is 1. The van der Waals surface area contributed by atoms with Crippen LogP contribution in [0.15, 0.2) is 53.2 Å². The van der Waals surface area contributed by atoms with E-state index in [9.17, 15) is 14.7 Å². The zero-order valence-electron chi connectivity index (χ0n) is 10.8. The molecule has 0 bridgehead atoms. The minimum atomic E-state index is -1.32. The predicted octanol–water partition coefficient (Wildman–Crippen LogP) is 1.32. The van der Waals surface area contributed by atoms with Gasteiger partial charge in [-0.3, -0.25) is 4.79 Å². The van der Waals surface area contributed by atoms with E-state index in [1.807, 2.05) is 0 Å². The van der Waals surface area contributed by atoms with Crippen LogP contribution in [0.3, 0.4) is 0 Å². The molecule has 0 fully saturated rings. The first-order valence-electron chi connectivity index (χ1n) is 5.89. The van der Waals surface area contributed by atoms with E-state index in [4.69, 9.17) is 4.42 Å². The second-order valence-corrected chi connectivity index (χ2v) is 4.05. The van der Waals surface area contributed by atoms with Gasteiger partial charge in [0.1, 0.15) is 5.76 Å². The van der Waals surface area contributed by atoms with Gasteiger partial charge in [-0.1, -0.05) is 18.2 Å². The molecule has 5 nitrogen and oxygen atoms in total. The summed E-state index contributed by atoms with van der Waals surface area (Å²) in [5.74, 6) is -1.15. The van der Waals surface area contributed by atoms with Gasteiger partial charge in [0.15, 0.2) is 0 Å². The topological polar surface area (TPSA) is 73.6 Å². The third kappa shape index (κ3) is 2.95. The number of para-hydroxylation sites is 1. The first kappa shape index (κ1) is 13.6. The lowest BCUT2D eigenvalue weighted by Gasteiger charge is -2.19. The molecule has 0 spiro atoms. The normalized spacial score (nSPS) is 10.7. The van der Waals surface area contributed by atoms with Gasteiger partial charge in [-0.2, -0.15) is 0 Å². The van der Waals surface area contributed by atoms with Crippen molar-refractivity contribution in [2.45, 2.75) is 0 Å². The number of furan rings is 1. The number of nitrogens with zero attached hydrogens (tertiary/aromatic N) is 1. The maximum absolute atomic E-state index is 12.0. The summed E-state index contributed by atoms with van der Waals surface area (Å²) < 4.78 is 5.07. The Labute approximate surface area is 115 Å². The molecular formula is C15H12NO4-. The SMILES string of the molecule is CN(C(=O)/C=C/c1ccco1)c1ccccc1C(=O)[O-]. The number of anilines is 1. The summed E-state index contributed by atoms with van der Waals surface area (Å²) in [6.07, 6.45) is 4.32. The molecule has 2 aromatic rings. The van der Waals surface area contributed by atoms with Gasteiger partial charge in [0.2, 0.25) is 0 Å². The van der Waals surface area contributed by atoms with Crippen LogP contribution in [0.2, 0.25) is 0 Å². The Bertz CT molecular complexity index is 644. The minimum absolute atomic E-state index is 0.0326. The highest BCUT2D eigenvalue weighted by Crippen LogP contribution is 2.19. The molecule has 0 atom stereocenters. The van der Waals surface area contributed by atoms with Crippen LogP contribution in [0.25, 0.3) is 6.08 Å². The molecule has 0 aliphatic rings. The van der Waals surface area contributed by atoms with E-state index < -0.39 is 5.97 Å². The summed E-state index contributed by atoms with van der Waals surface area (Å²) >= 11 is 0. The van der Waals surface area contributed by atoms with Crippen LogP contribution in [-0.2, 0) is 4.79 Å². The zero-order valence-corrected chi connectivity index (χ0v) is 10.8. The molecule has 1 aromatic carbocycles. The van der Waals surface area contributed by atoms with Crippen molar-refractivity contribution in [3.05, 3.63) is 60.1 Å². The number of carbonyl (C=O) groups excluding carboxylic acids is 2. The van der Waals surface area contributed by atoms with Gasteiger partial charge in [0.25, 0.3) is 5.91 Å². The molecule has 1 amide bonds. The highest BCUT2D eigenvalue weighted by Gasteiger charge is 2.12. The molecule has 20 heavy (non-hydrogen) atoms. The largest absolute Gasteiger partial charge is 0.545 e. The molecule has 0 unspecified atom stereocenters. The van der Waals surface area contributed by atoms with E-state index in [2.05, 4.69) is 0 Å². The van der Waals surface area contributed by atoms with Crippen LogP contribution in [-0.4, -0.2) is 18.9 Å². The Hall–Kier alpha value is -2.82. The van der Waals surface area contributed by atoms with Gasteiger partial charge >= 0.3 is 0 Å². The maximum Gasteiger partial charge on any atom is 0.250 e. The average Bonchev–Trinajstić information content (AvgIpc) is 2.97. The van der Waals surface area contributed by atoms with Crippen LogP contribution in [0.1, 0.15) is 16.1 Å². The zero-order chi connectivity index (χ0) is 14.5. The summed E-state index contributed by atoms with van der Waals surface area (Å²) in [5.41, 5.74) is 0.247. The van der Waals surface area contributed by atoms with Gasteiger partial charge in [0, 0.05) is 18.7 Å². The lowest BCUT2D eigenvalue weighted by Crippen LogP contribution is -2.29. The van der Waals surface area contributed by atoms with Crippen molar-refractivity contribution in [1.82, 2.24) is 0 Å². The van der Waals surface area contributed by atoms with Crippen molar-refractivity contribution < 1.29 is 19.1 Å². The number of benzene rings is 1. The Morgan fingerprint density at radius 2 is 1.95 bits per heavy atom. The number of carboxylic acids is 1. The summed E-state index contributed by atoms with van der Waals surface area (Å²) in [6.45, 7) is 0. The second kappa shape index (κ2) is 5.88. The van der Waals surface area contributed by atoms with Crippen molar-refractivity contribution in [3.63, 3.8) is 0 Å². The second-order valence-electron chi connectivity index (χ2n) is 4.05. The van der Waals surface area contributed by atoms with Crippen molar-refractivity contribution in [1.29, 1.82) is 0 Å². The van der Waals surface area contributed by atoms with Crippen molar-refractivity contribution in [2.24, 2.45) is 0 Å². The Morgan fingerprint density at radius 3 is 2.60 bits per heavy atom. The van der Waals surface area contributed by atoms with Gasteiger partial charge in [-0.05, 0) is 24.3 Å². The quantitative estimate of drug-likeness (QED) is 0.785. The number of hydrogen-bond acceptors (Lipinski definition) is 4. The Kier molecular flexibility index (Phi) is 4.00. The summed E-state index contributed by atoms with van der Waals surface area (Å²) in [6, 6.07) is 9.58. The van der Waals surface area contributed by atoms with Crippen molar-refractivity contribution >= 4 is 23.6 Å². The van der Waals surface area contributed by atoms with E-state index in [0.717, 1.165) is 0 Å². The summed E-state index contributed by atoms with van der Waals surface area (Å²) in [7, 11) is 1.50.